The van der Waals surface area contributed by atoms with Crippen molar-refractivity contribution < 1.29 is 13.9 Å². The molecule has 0 spiro atoms. The van der Waals surface area contributed by atoms with E-state index < -0.39 is 12.2 Å². The lowest BCUT2D eigenvalue weighted by Crippen LogP contribution is -2.51. The summed E-state index contributed by atoms with van der Waals surface area (Å²) in [7, 11) is 0. The van der Waals surface area contributed by atoms with E-state index in [1.807, 2.05) is 97.1 Å². The monoisotopic (exact) mass is 900 g/mol. The van der Waals surface area contributed by atoms with Gasteiger partial charge in [0.15, 0.2) is 11.3 Å². The number of hydrogen-bond acceptors (Lipinski definition) is 12. The molecule has 14 nitrogen and oxygen atoms in total. The molecule has 2 aliphatic heterocycles. The Kier molecular flexibility index (Phi) is 11.4. The van der Waals surface area contributed by atoms with Gasteiger partial charge in [-0.05, 0) is 151 Å². The van der Waals surface area contributed by atoms with Gasteiger partial charge in [0.1, 0.15) is 64.8 Å². The first-order valence-electron chi connectivity index (χ1n) is 23.1. The van der Waals surface area contributed by atoms with E-state index in [9.17, 15) is 0 Å². The number of alkyl halides is 1. The standard InChI is InChI=1S/C52H57FN12O2/c1-51(2,3)62-24-9-12-36(28-62)64-49-43(47(54)56-30-58-49)45(60-64)32-15-19-37(20-16-32)66-39-13-7-10-34(26-39)35-11-8-14-40(27-35)67-38-21-17-33(18-22-38)46-44-48(55)57-31-59-50(44)65(61-46)42-23-25-63(29-41(42)53)52(4,5)6/h7-8,10-11,13-22,26-27,30-31,36,41-42H,9,12,23-25,28-29H2,1-6H3,(H2,54,56,58)(H2,55,57,59)/t36-,41+,42+/m1/s1. The summed E-state index contributed by atoms with van der Waals surface area (Å²) < 4.78 is 32.4. The zero-order chi connectivity index (χ0) is 46.6. The molecule has 0 bridgehead atoms. The minimum absolute atomic E-state index is 0.0643. The number of hydrogen-bond donors (Lipinski definition) is 2. The van der Waals surface area contributed by atoms with Crippen molar-refractivity contribution in [3.63, 3.8) is 0 Å². The number of halogens is 1. The Morgan fingerprint density at radius 2 is 1.04 bits per heavy atom. The number of aromatic nitrogens is 8. The van der Waals surface area contributed by atoms with Gasteiger partial charge >= 0.3 is 0 Å². The fraction of sp³-hybridized carbons (Fsp3) is 0.346. The minimum Gasteiger partial charge on any atom is -0.457 e. The normalized spacial score (nSPS) is 18.7. The number of likely N-dealkylation sites (tertiary alicyclic amines) is 2. The molecule has 0 radical (unpaired) electrons. The number of piperidine rings is 2. The summed E-state index contributed by atoms with van der Waals surface area (Å²) in [4.78, 5) is 22.5. The molecule has 10 rings (SSSR count). The number of fused-ring (bicyclic) bond motifs is 2. The molecule has 15 heteroatoms. The summed E-state index contributed by atoms with van der Waals surface area (Å²) in [6, 6.07) is 31.1. The van der Waals surface area contributed by atoms with Crippen molar-refractivity contribution in [2.75, 3.05) is 37.6 Å². The van der Waals surface area contributed by atoms with Gasteiger partial charge in [-0.15, -0.1) is 0 Å². The van der Waals surface area contributed by atoms with Gasteiger partial charge in [0.25, 0.3) is 0 Å². The van der Waals surface area contributed by atoms with Gasteiger partial charge < -0.3 is 20.9 Å². The molecule has 67 heavy (non-hydrogen) atoms. The van der Waals surface area contributed by atoms with Crippen LogP contribution in [0.15, 0.2) is 110 Å². The predicted octanol–water partition coefficient (Wildman–Crippen LogP) is 10.5. The molecule has 0 saturated carbocycles. The van der Waals surface area contributed by atoms with E-state index >= 15 is 4.39 Å². The summed E-state index contributed by atoms with van der Waals surface area (Å²) in [6.07, 6.45) is 4.53. The number of nitrogen functional groups attached to an aromatic ring is 2. The highest BCUT2D eigenvalue weighted by atomic mass is 19.1. The fourth-order valence-electron chi connectivity index (χ4n) is 9.53. The third kappa shape index (κ3) is 8.76. The largest absolute Gasteiger partial charge is 0.457 e. The van der Waals surface area contributed by atoms with Crippen LogP contribution in [0.4, 0.5) is 16.0 Å². The Balaban J connectivity index is 0.836. The molecular weight excluding hydrogens is 844 g/mol. The van der Waals surface area contributed by atoms with Gasteiger partial charge in [0, 0.05) is 41.8 Å². The van der Waals surface area contributed by atoms with Crippen LogP contribution in [-0.2, 0) is 0 Å². The van der Waals surface area contributed by atoms with Crippen molar-refractivity contribution in [1.29, 1.82) is 0 Å². The zero-order valence-corrected chi connectivity index (χ0v) is 38.9. The van der Waals surface area contributed by atoms with Crippen LogP contribution in [0.5, 0.6) is 23.0 Å². The molecule has 4 N–H and O–H groups in total. The van der Waals surface area contributed by atoms with Crippen molar-refractivity contribution in [2.45, 2.75) is 90.1 Å². The van der Waals surface area contributed by atoms with Gasteiger partial charge in [-0.1, -0.05) is 24.3 Å². The Bertz CT molecular complexity index is 3060. The molecule has 4 aromatic carbocycles. The second kappa shape index (κ2) is 17.4. The van der Waals surface area contributed by atoms with Crippen LogP contribution in [0.3, 0.4) is 0 Å². The van der Waals surface area contributed by atoms with Gasteiger partial charge in [-0.3, -0.25) is 9.80 Å². The Labute approximate surface area is 389 Å². The fourth-order valence-corrected chi connectivity index (χ4v) is 9.53. The lowest BCUT2D eigenvalue weighted by atomic mass is 9.97. The molecule has 2 fully saturated rings. The summed E-state index contributed by atoms with van der Waals surface area (Å²) >= 11 is 0. The first-order valence-corrected chi connectivity index (χ1v) is 23.1. The number of benzene rings is 4. The molecule has 4 aromatic heterocycles. The van der Waals surface area contributed by atoms with Crippen LogP contribution < -0.4 is 20.9 Å². The van der Waals surface area contributed by atoms with Crippen LogP contribution in [-0.4, -0.2) is 92.7 Å². The van der Waals surface area contributed by atoms with Crippen LogP contribution >= 0.6 is 0 Å². The number of anilines is 2. The van der Waals surface area contributed by atoms with Crippen molar-refractivity contribution in [1.82, 2.24) is 49.3 Å². The van der Waals surface area contributed by atoms with Crippen LogP contribution in [0.1, 0.15) is 72.9 Å². The zero-order valence-electron chi connectivity index (χ0n) is 38.9. The van der Waals surface area contributed by atoms with Gasteiger partial charge in [-0.2, -0.15) is 10.2 Å². The molecule has 2 aliphatic rings. The average Bonchev–Trinajstić information content (AvgIpc) is 3.90. The van der Waals surface area contributed by atoms with E-state index in [0.717, 1.165) is 71.5 Å². The highest BCUT2D eigenvalue weighted by Gasteiger charge is 2.37. The summed E-state index contributed by atoms with van der Waals surface area (Å²) in [6.45, 7) is 16.1. The number of ether oxygens (including phenoxy) is 2. The summed E-state index contributed by atoms with van der Waals surface area (Å²) in [5, 5.41) is 11.5. The molecule has 2 saturated heterocycles. The summed E-state index contributed by atoms with van der Waals surface area (Å²) in [5.41, 5.74) is 19.1. The van der Waals surface area contributed by atoms with Gasteiger partial charge in [0.2, 0.25) is 0 Å². The molecule has 0 amide bonds. The molecule has 0 aliphatic carbocycles. The number of rotatable bonds is 9. The topological polar surface area (TPSA) is 164 Å². The highest BCUT2D eigenvalue weighted by Crippen LogP contribution is 2.39. The van der Waals surface area contributed by atoms with Gasteiger partial charge in [0.05, 0.1) is 22.9 Å². The van der Waals surface area contributed by atoms with E-state index in [-0.39, 0.29) is 17.1 Å². The molecular formula is C52H57FN12O2. The molecule has 6 heterocycles. The third-order valence-corrected chi connectivity index (χ3v) is 13.2. The van der Waals surface area contributed by atoms with E-state index in [1.165, 1.54) is 12.7 Å². The SMILES string of the molecule is CC(C)(C)N1CCC[C@@H](n2nc(-c3ccc(Oc4cccc(-c5cccc(Oc6ccc(-c7nn([C@H]8CCN(C(C)(C)C)C[C@@H]8F)c8ncnc(N)c78)cc6)c5)c4)cc3)c3c(N)ncnc32)C1. The second-order valence-corrected chi connectivity index (χ2v) is 19.7. The minimum atomic E-state index is -1.12. The van der Waals surface area contributed by atoms with E-state index in [4.69, 9.17) is 31.1 Å². The number of nitrogens with two attached hydrogens (primary N) is 2. The Morgan fingerprint density at radius 3 is 1.55 bits per heavy atom. The average molecular weight is 901 g/mol. The Hall–Kier alpha value is -6.97. The Morgan fingerprint density at radius 1 is 0.552 bits per heavy atom. The van der Waals surface area contributed by atoms with Crippen LogP contribution in [0.25, 0.3) is 55.7 Å². The van der Waals surface area contributed by atoms with E-state index in [0.29, 0.717) is 64.3 Å². The van der Waals surface area contributed by atoms with Crippen molar-refractivity contribution in [3.8, 4) is 56.6 Å². The number of nitrogens with zero attached hydrogens (tertiary/aromatic N) is 10. The molecule has 8 aromatic rings. The maximum absolute atomic E-state index is 15.8. The lowest BCUT2D eigenvalue weighted by Gasteiger charge is -2.42. The first kappa shape index (κ1) is 43.9. The molecule has 3 atom stereocenters. The van der Waals surface area contributed by atoms with E-state index in [1.54, 1.807) is 4.68 Å². The lowest BCUT2D eigenvalue weighted by molar-refractivity contribution is 0.0299. The first-order chi connectivity index (χ1) is 32.2. The molecule has 0 unspecified atom stereocenters. The smallest absolute Gasteiger partial charge is 0.164 e. The van der Waals surface area contributed by atoms with Crippen LogP contribution in [0, 0.1) is 0 Å². The third-order valence-electron chi connectivity index (χ3n) is 13.2. The maximum atomic E-state index is 15.8. The van der Waals surface area contributed by atoms with Crippen LogP contribution in [0.2, 0.25) is 0 Å². The predicted molar refractivity (Wildman–Crippen MR) is 262 cm³/mol. The summed E-state index contributed by atoms with van der Waals surface area (Å²) in [5.74, 6) is 3.41. The quantitative estimate of drug-likeness (QED) is 0.141. The maximum Gasteiger partial charge on any atom is 0.164 e. The van der Waals surface area contributed by atoms with Crippen molar-refractivity contribution >= 4 is 33.7 Å². The molecule has 344 valence electrons. The highest BCUT2D eigenvalue weighted by molar-refractivity contribution is 5.99. The van der Waals surface area contributed by atoms with Gasteiger partial charge in [-0.25, -0.2) is 33.7 Å². The van der Waals surface area contributed by atoms with Crippen molar-refractivity contribution in [3.05, 3.63) is 110 Å². The van der Waals surface area contributed by atoms with Crippen molar-refractivity contribution in [2.24, 2.45) is 0 Å². The van der Waals surface area contributed by atoms with E-state index in [2.05, 4.69) is 76.0 Å². The second-order valence-electron chi connectivity index (χ2n) is 19.7.